The summed E-state index contributed by atoms with van der Waals surface area (Å²) in [6, 6.07) is 7.94. The largest absolute Gasteiger partial charge is 0.370 e. The molecule has 2 amide bonds. The summed E-state index contributed by atoms with van der Waals surface area (Å²) < 4.78 is 0. The highest BCUT2D eigenvalue weighted by molar-refractivity contribution is 5.87. The molecule has 0 radical (unpaired) electrons. The zero-order chi connectivity index (χ0) is 26.5. The normalized spacial score (nSPS) is 10.8. The van der Waals surface area contributed by atoms with Crippen molar-refractivity contribution in [1.29, 1.82) is 0 Å². The fourth-order valence-electron chi connectivity index (χ4n) is 3.98. The van der Waals surface area contributed by atoms with E-state index in [0.29, 0.717) is 51.7 Å². The van der Waals surface area contributed by atoms with Crippen LogP contribution in [0.1, 0.15) is 17.8 Å². The van der Waals surface area contributed by atoms with Gasteiger partial charge >= 0.3 is 0 Å². The maximum absolute atomic E-state index is 13.1. The second-order valence-corrected chi connectivity index (χ2v) is 8.55. The lowest BCUT2D eigenvalue weighted by Crippen LogP contribution is -2.47. The molecule has 0 saturated heterocycles. The third kappa shape index (κ3) is 8.76. The molecule has 1 aromatic carbocycles. The number of H-pyrrole nitrogens is 2. The lowest BCUT2D eigenvalue weighted by Gasteiger charge is -2.27. The monoisotopic (exact) mass is 509 g/mol. The molecule has 2 aromatic heterocycles. The van der Waals surface area contributed by atoms with Crippen LogP contribution >= 0.6 is 0 Å². The Morgan fingerprint density at radius 1 is 1.08 bits per heavy atom. The van der Waals surface area contributed by atoms with Crippen molar-refractivity contribution in [2.75, 3.05) is 45.8 Å². The number of aldehydes is 1. The predicted octanol–water partition coefficient (Wildman–Crippen LogP) is -0.215. The van der Waals surface area contributed by atoms with E-state index in [4.69, 9.17) is 11.5 Å². The molecule has 0 aliphatic heterocycles. The van der Waals surface area contributed by atoms with Crippen LogP contribution in [0.15, 0.2) is 47.8 Å². The van der Waals surface area contributed by atoms with E-state index in [9.17, 15) is 14.4 Å². The van der Waals surface area contributed by atoms with Crippen molar-refractivity contribution in [3.63, 3.8) is 0 Å². The molecule has 0 spiro atoms. The van der Waals surface area contributed by atoms with Gasteiger partial charge in [0.15, 0.2) is 5.96 Å². The van der Waals surface area contributed by atoms with Crippen molar-refractivity contribution in [2.24, 2.45) is 16.5 Å². The van der Waals surface area contributed by atoms with Crippen molar-refractivity contribution in [3.8, 4) is 0 Å². The van der Waals surface area contributed by atoms with Gasteiger partial charge in [-0.25, -0.2) is 4.98 Å². The van der Waals surface area contributed by atoms with Crippen LogP contribution in [0.3, 0.4) is 0 Å². The molecule has 0 bridgehead atoms. The molecule has 0 saturated carbocycles. The van der Waals surface area contributed by atoms with Gasteiger partial charge in [0, 0.05) is 62.1 Å². The topological polar surface area (TPSA) is 179 Å². The zero-order valence-electron chi connectivity index (χ0n) is 20.9. The second-order valence-electron chi connectivity index (χ2n) is 8.55. The number of imidazole rings is 1. The minimum atomic E-state index is -0.306. The molecular weight excluding hydrogens is 474 g/mol. The molecule has 0 atom stereocenters. The molecule has 3 aromatic rings. The highest BCUT2D eigenvalue weighted by atomic mass is 16.2. The molecular formula is C25H35N9O3. The number of aliphatic imine (C=N–C) groups is 1. The number of aromatic amines is 2. The third-order valence-electron chi connectivity index (χ3n) is 5.90. The summed E-state index contributed by atoms with van der Waals surface area (Å²) in [4.78, 5) is 54.7. The summed E-state index contributed by atoms with van der Waals surface area (Å²) in [6.45, 7) is 1.46. The lowest BCUT2D eigenvalue weighted by atomic mass is 10.1. The van der Waals surface area contributed by atoms with Crippen molar-refractivity contribution in [3.05, 3.63) is 54.2 Å². The summed E-state index contributed by atoms with van der Waals surface area (Å²) in [5.41, 5.74) is 12.8. The van der Waals surface area contributed by atoms with E-state index in [-0.39, 0.29) is 37.4 Å². The Morgan fingerprint density at radius 3 is 2.68 bits per heavy atom. The zero-order valence-corrected chi connectivity index (χ0v) is 20.9. The van der Waals surface area contributed by atoms with Crippen LogP contribution in [-0.2, 0) is 27.2 Å². The van der Waals surface area contributed by atoms with Crippen LogP contribution in [0.2, 0.25) is 0 Å². The van der Waals surface area contributed by atoms with Gasteiger partial charge in [-0.05, 0) is 24.5 Å². The Balaban J connectivity index is 1.62. The summed E-state index contributed by atoms with van der Waals surface area (Å²) in [7, 11) is 0. The molecule has 0 aliphatic carbocycles. The van der Waals surface area contributed by atoms with Gasteiger partial charge in [-0.1, -0.05) is 18.2 Å². The fourth-order valence-corrected chi connectivity index (χ4v) is 3.98. The van der Waals surface area contributed by atoms with Crippen molar-refractivity contribution < 1.29 is 14.4 Å². The number of aromatic nitrogens is 3. The number of para-hydroxylation sites is 1. The minimum Gasteiger partial charge on any atom is -0.370 e. The average Bonchev–Trinajstić information content (AvgIpc) is 3.56. The van der Waals surface area contributed by atoms with E-state index in [2.05, 4.69) is 25.3 Å². The second kappa shape index (κ2) is 14.4. The quantitative estimate of drug-likeness (QED) is 0.0767. The summed E-state index contributed by atoms with van der Waals surface area (Å²) in [6.07, 6.45) is 7.76. The average molecular weight is 510 g/mol. The Bertz CT molecular complexity index is 1170. The number of carbonyl (C=O) groups excluding carboxylic acids is 3. The van der Waals surface area contributed by atoms with Crippen LogP contribution in [0.5, 0.6) is 0 Å². The van der Waals surface area contributed by atoms with Crippen LogP contribution in [0.25, 0.3) is 10.9 Å². The Morgan fingerprint density at radius 2 is 1.92 bits per heavy atom. The van der Waals surface area contributed by atoms with Crippen molar-refractivity contribution in [1.82, 2.24) is 30.1 Å². The van der Waals surface area contributed by atoms with Gasteiger partial charge in [-0.15, -0.1) is 0 Å². The number of hydrogen-bond donors (Lipinski definition) is 5. The van der Waals surface area contributed by atoms with E-state index >= 15 is 0 Å². The summed E-state index contributed by atoms with van der Waals surface area (Å²) >= 11 is 0. The first kappa shape index (κ1) is 27.4. The third-order valence-corrected chi connectivity index (χ3v) is 5.90. The maximum atomic E-state index is 13.1. The summed E-state index contributed by atoms with van der Waals surface area (Å²) in [5, 5.41) is 4.21. The maximum Gasteiger partial charge on any atom is 0.242 e. The smallest absolute Gasteiger partial charge is 0.242 e. The standard InChI is InChI=1S/C25H35N9O3/c26-25(27)31-8-3-12-33(14-15-35)24(37)18-34(23(36)17-28-9-6-22-29-10-11-30-22)13-7-19-16-32-21-5-2-1-4-20(19)21/h1-2,4-5,10-11,15-16,28,32H,3,6-9,12-14,17-18H2,(H,29,30)(H4,26,27,31). The molecule has 0 aliphatic rings. The molecule has 12 heteroatoms. The van der Waals surface area contributed by atoms with Gasteiger partial charge in [0.05, 0.1) is 19.6 Å². The number of nitrogens with one attached hydrogen (secondary N) is 3. The Hall–Kier alpha value is -4.19. The molecule has 3 rings (SSSR count). The van der Waals surface area contributed by atoms with Gasteiger partial charge < -0.3 is 41.3 Å². The van der Waals surface area contributed by atoms with Gasteiger partial charge in [0.25, 0.3) is 0 Å². The van der Waals surface area contributed by atoms with E-state index < -0.39 is 0 Å². The number of fused-ring (bicyclic) bond motifs is 1. The molecule has 0 fully saturated rings. The highest BCUT2D eigenvalue weighted by Crippen LogP contribution is 2.18. The minimum absolute atomic E-state index is 0.0261. The number of carbonyl (C=O) groups is 3. The molecule has 198 valence electrons. The number of rotatable bonds is 16. The van der Waals surface area contributed by atoms with Crippen LogP contribution < -0.4 is 16.8 Å². The van der Waals surface area contributed by atoms with Crippen molar-refractivity contribution in [2.45, 2.75) is 19.3 Å². The van der Waals surface area contributed by atoms with Gasteiger partial charge in [0.2, 0.25) is 11.8 Å². The molecule has 12 nitrogen and oxygen atoms in total. The fraction of sp³-hybridized carbons (Fsp3) is 0.400. The van der Waals surface area contributed by atoms with Crippen LogP contribution in [0.4, 0.5) is 0 Å². The predicted molar refractivity (Wildman–Crippen MR) is 142 cm³/mol. The molecule has 37 heavy (non-hydrogen) atoms. The van der Waals surface area contributed by atoms with E-state index in [1.54, 1.807) is 12.4 Å². The Kier molecular flexibility index (Phi) is 10.7. The number of guanidine groups is 1. The van der Waals surface area contributed by atoms with E-state index in [1.165, 1.54) is 9.80 Å². The lowest BCUT2D eigenvalue weighted by molar-refractivity contribution is -0.140. The first-order valence-corrected chi connectivity index (χ1v) is 12.3. The number of benzene rings is 1. The van der Waals surface area contributed by atoms with Crippen molar-refractivity contribution >= 4 is 35.0 Å². The molecule has 2 heterocycles. The van der Waals surface area contributed by atoms with Crippen LogP contribution in [-0.4, -0.2) is 94.6 Å². The number of nitrogens with zero attached hydrogens (tertiary/aromatic N) is 4. The van der Waals surface area contributed by atoms with E-state index in [1.807, 2.05) is 30.5 Å². The number of hydrogen-bond acceptors (Lipinski definition) is 6. The van der Waals surface area contributed by atoms with Gasteiger partial charge in [0.1, 0.15) is 12.1 Å². The molecule has 7 N–H and O–H groups in total. The first-order chi connectivity index (χ1) is 18.0. The number of nitrogens with two attached hydrogens (primary N) is 2. The van der Waals surface area contributed by atoms with Gasteiger partial charge in [-0.2, -0.15) is 0 Å². The Labute approximate surface area is 215 Å². The molecule has 0 unspecified atom stereocenters. The first-order valence-electron chi connectivity index (χ1n) is 12.3. The van der Waals surface area contributed by atoms with Crippen LogP contribution in [0, 0.1) is 0 Å². The van der Waals surface area contributed by atoms with Gasteiger partial charge in [-0.3, -0.25) is 14.6 Å². The highest BCUT2D eigenvalue weighted by Gasteiger charge is 2.21. The SMILES string of the molecule is NC(N)=NCCCN(CC=O)C(=O)CN(CCc1c[nH]c2ccccc12)C(=O)CNCCc1ncc[nH]1. The van der Waals surface area contributed by atoms with E-state index in [0.717, 1.165) is 22.3 Å². The number of amides is 2. The summed E-state index contributed by atoms with van der Waals surface area (Å²) in [5.74, 6) is 0.303.